The zero-order valence-electron chi connectivity index (χ0n) is 14.0. The maximum atomic E-state index is 9.82. The maximum absolute atomic E-state index is 9.82. The summed E-state index contributed by atoms with van der Waals surface area (Å²) in [6.07, 6.45) is 6.19. The molecule has 0 aromatic heterocycles. The first-order valence-corrected chi connectivity index (χ1v) is 8.83. The van der Waals surface area contributed by atoms with Crippen molar-refractivity contribution in [1.29, 1.82) is 0 Å². The van der Waals surface area contributed by atoms with Crippen molar-refractivity contribution < 1.29 is 5.11 Å². The Hall–Kier alpha value is -1.32. The van der Waals surface area contributed by atoms with E-state index in [4.69, 9.17) is 0 Å². The molecule has 1 saturated carbocycles. The van der Waals surface area contributed by atoms with Gasteiger partial charge in [-0.25, -0.2) is 0 Å². The van der Waals surface area contributed by atoms with Gasteiger partial charge in [0.2, 0.25) is 0 Å². The molecule has 1 saturated heterocycles. The van der Waals surface area contributed by atoms with E-state index in [1.165, 1.54) is 49.9 Å². The van der Waals surface area contributed by atoms with Crippen molar-refractivity contribution in [3.63, 3.8) is 0 Å². The molecule has 2 unspecified atom stereocenters. The normalized spacial score (nSPS) is 26.1. The molecule has 24 heavy (non-hydrogen) atoms. The zero-order valence-corrected chi connectivity index (χ0v) is 15.7. The lowest BCUT2D eigenvalue weighted by molar-refractivity contribution is 0.142. The number of hydrogen-bond acceptors (Lipinski definition) is 2. The lowest BCUT2D eigenvalue weighted by Gasteiger charge is -2.40. The van der Waals surface area contributed by atoms with Gasteiger partial charge in [-0.15, -0.1) is 17.0 Å². The summed E-state index contributed by atoms with van der Waals surface area (Å²) >= 11 is 0. The topological polar surface area (TPSA) is 23.5 Å². The van der Waals surface area contributed by atoms with Crippen LogP contribution in [0.2, 0.25) is 0 Å². The van der Waals surface area contributed by atoms with Crippen LogP contribution in [0.5, 0.6) is 5.75 Å². The Kier molecular flexibility index (Phi) is 5.31. The van der Waals surface area contributed by atoms with Gasteiger partial charge in [0.1, 0.15) is 5.75 Å². The number of benzene rings is 2. The monoisotopic (exact) mass is 387 g/mol. The van der Waals surface area contributed by atoms with Crippen LogP contribution in [0.15, 0.2) is 54.6 Å². The first kappa shape index (κ1) is 17.5. The molecule has 1 N–H and O–H groups in total. The Labute approximate surface area is 155 Å². The summed E-state index contributed by atoms with van der Waals surface area (Å²) in [6, 6.07) is 19.5. The first-order valence-electron chi connectivity index (χ1n) is 8.83. The highest BCUT2D eigenvalue weighted by Crippen LogP contribution is 2.49. The average molecular weight is 388 g/mol. The van der Waals surface area contributed by atoms with Gasteiger partial charge in [-0.3, -0.25) is 4.90 Å². The molecule has 4 rings (SSSR count). The number of piperidine rings is 1. The van der Waals surface area contributed by atoms with Gasteiger partial charge >= 0.3 is 0 Å². The van der Waals surface area contributed by atoms with Gasteiger partial charge in [0, 0.05) is 12.6 Å². The number of phenols is 1. The molecule has 2 aromatic rings. The van der Waals surface area contributed by atoms with Crippen LogP contribution in [0.25, 0.3) is 0 Å². The number of phenolic OH excluding ortho intramolecular Hbond substituents is 1. The highest BCUT2D eigenvalue weighted by molar-refractivity contribution is 8.93. The molecule has 0 spiro atoms. The fraction of sp³-hybridized carbons (Fsp3) is 0.429. The molecule has 2 aliphatic rings. The second-order valence-corrected chi connectivity index (χ2v) is 7.25. The van der Waals surface area contributed by atoms with Crippen molar-refractivity contribution in [2.75, 3.05) is 13.1 Å². The molecule has 2 atom stereocenters. The highest BCUT2D eigenvalue weighted by Gasteiger charge is 2.46. The van der Waals surface area contributed by atoms with Crippen molar-refractivity contribution in [1.82, 2.24) is 4.90 Å². The molecule has 0 radical (unpaired) electrons. The Morgan fingerprint density at radius 1 is 1.04 bits per heavy atom. The predicted molar refractivity (Wildman–Crippen MR) is 104 cm³/mol. The van der Waals surface area contributed by atoms with Gasteiger partial charge in [0.05, 0.1) is 0 Å². The molecule has 128 valence electrons. The molecule has 3 heteroatoms. The van der Waals surface area contributed by atoms with Crippen LogP contribution < -0.4 is 0 Å². The Bertz CT molecular complexity index is 675. The number of halogens is 1. The molecule has 2 aromatic carbocycles. The van der Waals surface area contributed by atoms with E-state index in [-0.39, 0.29) is 17.0 Å². The summed E-state index contributed by atoms with van der Waals surface area (Å²) in [6.45, 7) is 2.36. The van der Waals surface area contributed by atoms with Crippen molar-refractivity contribution in [2.24, 2.45) is 0 Å². The van der Waals surface area contributed by atoms with E-state index in [2.05, 4.69) is 41.3 Å². The lowest BCUT2D eigenvalue weighted by Crippen LogP contribution is -2.43. The molecular formula is C21H26BrNO. The predicted octanol–water partition coefficient (Wildman–Crippen LogP) is 4.71. The van der Waals surface area contributed by atoms with Crippen molar-refractivity contribution in [3.8, 4) is 5.75 Å². The van der Waals surface area contributed by atoms with Gasteiger partial charge in [-0.1, -0.05) is 42.5 Å². The van der Waals surface area contributed by atoms with Crippen LogP contribution in [0.3, 0.4) is 0 Å². The minimum atomic E-state index is 0. The SMILES string of the molecule is Br.Oc1cccc(C23CCC(C2)N(CCc2ccccc2)CC3)c1. The number of hydrogen-bond donors (Lipinski definition) is 1. The number of fused-ring (bicyclic) bond motifs is 2. The fourth-order valence-electron chi connectivity index (χ4n) is 4.63. The second kappa shape index (κ2) is 7.28. The standard InChI is InChI=1S/C21H25NO.BrH/c23-20-8-4-7-18(15-20)21-11-9-19(16-21)22(14-12-21)13-10-17-5-2-1-3-6-17;/h1-8,15,19,23H,9-14,16H2;1H. The number of rotatable bonds is 4. The quantitative estimate of drug-likeness (QED) is 0.820. The maximum Gasteiger partial charge on any atom is 0.115 e. The summed E-state index contributed by atoms with van der Waals surface area (Å²) in [5.74, 6) is 0.409. The van der Waals surface area contributed by atoms with Crippen LogP contribution in [-0.2, 0) is 11.8 Å². The van der Waals surface area contributed by atoms with Crippen molar-refractivity contribution >= 4 is 17.0 Å². The average Bonchev–Trinajstić information content (AvgIpc) is 2.94. The van der Waals surface area contributed by atoms with Gasteiger partial charge in [-0.05, 0) is 67.3 Å². The van der Waals surface area contributed by atoms with E-state index in [0.29, 0.717) is 11.2 Å². The van der Waals surface area contributed by atoms with Crippen LogP contribution in [0.4, 0.5) is 0 Å². The molecule has 2 bridgehead atoms. The third-order valence-corrected chi connectivity index (χ3v) is 5.97. The molecule has 0 amide bonds. The largest absolute Gasteiger partial charge is 0.508 e. The summed E-state index contributed by atoms with van der Waals surface area (Å²) in [4.78, 5) is 2.70. The molecule has 1 heterocycles. The summed E-state index contributed by atoms with van der Waals surface area (Å²) in [7, 11) is 0. The van der Waals surface area contributed by atoms with E-state index in [0.717, 1.165) is 12.5 Å². The minimum absolute atomic E-state index is 0. The van der Waals surface area contributed by atoms with Gasteiger partial charge in [0.15, 0.2) is 0 Å². The number of nitrogens with zero attached hydrogens (tertiary/aromatic N) is 1. The Balaban J connectivity index is 0.00000169. The van der Waals surface area contributed by atoms with E-state index >= 15 is 0 Å². The summed E-state index contributed by atoms with van der Waals surface area (Å²) in [5.41, 5.74) is 3.10. The number of aromatic hydroxyl groups is 1. The third kappa shape index (κ3) is 3.38. The summed E-state index contributed by atoms with van der Waals surface area (Å²) in [5, 5.41) is 9.82. The minimum Gasteiger partial charge on any atom is -0.508 e. The van der Waals surface area contributed by atoms with Gasteiger partial charge < -0.3 is 5.11 Å². The van der Waals surface area contributed by atoms with Crippen molar-refractivity contribution in [3.05, 3.63) is 65.7 Å². The Morgan fingerprint density at radius 3 is 2.67 bits per heavy atom. The van der Waals surface area contributed by atoms with E-state index in [1.54, 1.807) is 6.07 Å². The van der Waals surface area contributed by atoms with Crippen LogP contribution >= 0.6 is 17.0 Å². The third-order valence-electron chi connectivity index (χ3n) is 5.97. The van der Waals surface area contributed by atoms with Crippen molar-refractivity contribution in [2.45, 2.75) is 43.6 Å². The van der Waals surface area contributed by atoms with Gasteiger partial charge in [-0.2, -0.15) is 0 Å². The molecule has 2 fully saturated rings. The first-order chi connectivity index (χ1) is 11.3. The molecule has 1 aliphatic carbocycles. The van der Waals surface area contributed by atoms with Crippen LogP contribution in [0.1, 0.15) is 36.8 Å². The van der Waals surface area contributed by atoms with Crippen LogP contribution in [0, 0.1) is 0 Å². The van der Waals surface area contributed by atoms with E-state index in [1.807, 2.05) is 12.1 Å². The smallest absolute Gasteiger partial charge is 0.115 e. The lowest BCUT2D eigenvalue weighted by atomic mass is 9.74. The second-order valence-electron chi connectivity index (χ2n) is 7.25. The zero-order chi connectivity index (χ0) is 15.7. The van der Waals surface area contributed by atoms with Gasteiger partial charge in [0.25, 0.3) is 0 Å². The number of likely N-dealkylation sites (tertiary alicyclic amines) is 1. The molecular weight excluding hydrogens is 362 g/mol. The Morgan fingerprint density at radius 2 is 1.88 bits per heavy atom. The van der Waals surface area contributed by atoms with Crippen LogP contribution in [-0.4, -0.2) is 29.1 Å². The highest BCUT2D eigenvalue weighted by atomic mass is 79.9. The summed E-state index contributed by atoms with van der Waals surface area (Å²) < 4.78 is 0. The van der Waals surface area contributed by atoms with E-state index < -0.39 is 0 Å². The molecule has 2 nitrogen and oxygen atoms in total. The fourth-order valence-corrected chi connectivity index (χ4v) is 4.63. The molecule has 1 aliphatic heterocycles. The van der Waals surface area contributed by atoms with E-state index in [9.17, 15) is 5.11 Å².